The van der Waals surface area contributed by atoms with Crippen molar-refractivity contribution in [2.75, 3.05) is 6.26 Å². The van der Waals surface area contributed by atoms with E-state index < -0.39 is 9.73 Å². The molecule has 0 spiro atoms. The van der Waals surface area contributed by atoms with E-state index in [-0.39, 0.29) is 6.10 Å². The van der Waals surface area contributed by atoms with Gasteiger partial charge in [0, 0.05) is 18.9 Å². The van der Waals surface area contributed by atoms with Gasteiger partial charge in [-0.1, -0.05) is 23.4 Å². The molecule has 1 aliphatic rings. The normalized spacial score (nSPS) is 19.9. The van der Waals surface area contributed by atoms with Crippen LogP contribution in [0.15, 0.2) is 63.2 Å². The zero-order valence-corrected chi connectivity index (χ0v) is 13.3. The molecule has 0 saturated carbocycles. The van der Waals surface area contributed by atoms with E-state index in [0.717, 1.165) is 17.7 Å². The second-order valence-electron chi connectivity index (χ2n) is 5.27. The number of aromatic nitrogens is 1. The molecule has 1 aliphatic heterocycles. The third-order valence-corrected chi connectivity index (χ3v) is 4.91. The van der Waals surface area contributed by atoms with Gasteiger partial charge >= 0.3 is 0 Å². The lowest BCUT2D eigenvalue weighted by Crippen LogP contribution is -2.03. The van der Waals surface area contributed by atoms with Crippen molar-refractivity contribution in [3.8, 4) is 0 Å². The molecule has 2 atom stereocenters. The maximum Gasteiger partial charge on any atom is 0.135 e. The van der Waals surface area contributed by atoms with Crippen LogP contribution in [0.1, 0.15) is 18.9 Å². The van der Waals surface area contributed by atoms with Crippen molar-refractivity contribution in [2.24, 2.45) is 9.52 Å². The molecule has 22 heavy (non-hydrogen) atoms. The average molecular weight is 315 g/mol. The highest BCUT2D eigenvalue weighted by atomic mass is 32.2. The lowest BCUT2D eigenvalue weighted by Gasteiger charge is -2.04. The molecule has 2 heterocycles. The molecular formula is C16H17N3O2S. The standard InChI is InChI=1S/C16H17N3O2S/c1-12-11-15(18-21-12)13-6-8-14(9-7-13)19-22(2,20)16-5-3-4-10-17-16/h3-10,12H,11H2,1-2H3. The summed E-state index contributed by atoms with van der Waals surface area (Å²) in [5.74, 6) is 0. The Morgan fingerprint density at radius 1 is 1.23 bits per heavy atom. The fourth-order valence-corrected chi connectivity index (χ4v) is 3.41. The summed E-state index contributed by atoms with van der Waals surface area (Å²) in [4.78, 5) is 9.33. The molecule has 0 saturated heterocycles. The molecule has 0 radical (unpaired) electrons. The maximum absolute atomic E-state index is 12.7. The molecule has 6 heteroatoms. The molecule has 3 rings (SSSR count). The number of hydrogen-bond acceptors (Lipinski definition) is 5. The largest absolute Gasteiger partial charge is 0.392 e. The van der Waals surface area contributed by atoms with Gasteiger partial charge in [0.1, 0.15) is 11.1 Å². The van der Waals surface area contributed by atoms with Crippen LogP contribution in [0.4, 0.5) is 5.69 Å². The molecular weight excluding hydrogens is 298 g/mol. The first-order valence-corrected chi connectivity index (χ1v) is 8.93. The lowest BCUT2D eigenvalue weighted by atomic mass is 10.1. The van der Waals surface area contributed by atoms with E-state index in [0.29, 0.717) is 10.7 Å². The van der Waals surface area contributed by atoms with E-state index in [1.54, 1.807) is 24.6 Å². The summed E-state index contributed by atoms with van der Waals surface area (Å²) in [6, 6.07) is 12.9. The highest BCUT2D eigenvalue weighted by Crippen LogP contribution is 2.21. The highest BCUT2D eigenvalue weighted by molar-refractivity contribution is 7.93. The van der Waals surface area contributed by atoms with Gasteiger partial charge in [0.05, 0.1) is 21.1 Å². The summed E-state index contributed by atoms with van der Waals surface area (Å²) >= 11 is 0. The van der Waals surface area contributed by atoms with Gasteiger partial charge in [0.25, 0.3) is 0 Å². The van der Waals surface area contributed by atoms with Gasteiger partial charge in [0.15, 0.2) is 0 Å². The second kappa shape index (κ2) is 5.88. The molecule has 0 amide bonds. The van der Waals surface area contributed by atoms with E-state index in [1.165, 1.54) is 0 Å². The van der Waals surface area contributed by atoms with E-state index >= 15 is 0 Å². The van der Waals surface area contributed by atoms with Crippen LogP contribution < -0.4 is 0 Å². The first kappa shape index (κ1) is 14.7. The Balaban J connectivity index is 1.87. The van der Waals surface area contributed by atoms with Crippen LogP contribution in [0.25, 0.3) is 0 Å². The molecule has 1 aromatic carbocycles. The number of hydrogen-bond donors (Lipinski definition) is 0. The fourth-order valence-electron chi connectivity index (χ4n) is 2.20. The minimum atomic E-state index is -2.55. The monoisotopic (exact) mass is 315 g/mol. The number of benzene rings is 1. The van der Waals surface area contributed by atoms with Crippen molar-refractivity contribution in [3.05, 3.63) is 54.2 Å². The SMILES string of the molecule is CC1CC(c2ccc(N=S(C)(=O)c3ccccn3)cc2)=NO1. The van der Waals surface area contributed by atoms with E-state index in [2.05, 4.69) is 14.5 Å². The number of oxime groups is 1. The average Bonchev–Trinajstić information content (AvgIpc) is 2.95. The summed E-state index contributed by atoms with van der Waals surface area (Å²) < 4.78 is 17.0. The van der Waals surface area contributed by atoms with Crippen LogP contribution in [0.5, 0.6) is 0 Å². The van der Waals surface area contributed by atoms with Gasteiger partial charge in [-0.05, 0) is 36.8 Å². The molecule has 2 unspecified atom stereocenters. The Bertz CT molecular complexity index is 807. The zero-order chi connectivity index (χ0) is 15.6. The quantitative estimate of drug-likeness (QED) is 0.872. The third-order valence-electron chi connectivity index (χ3n) is 3.33. The van der Waals surface area contributed by atoms with E-state index in [1.807, 2.05) is 37.3 Å². The van der Waals surface area contributed by atoms with E-state index in [4.69, 9.17) is 4.84 Å². The smallest absolute Gasteiger partial charge is 0.135 e. The first-order valence-electron chi connectivity index (χ1n) is 7.01. The van der Waals surface area contributed by atoms with E-state index in [9.17, 15) is 4.21 Å². The third kappa shape index (κ3) is 3.17. The van der Waals surface area contributed by atoms with Gasteiger partial charge in [-0.25, -0.2) is 9.19 Å². The minimum absolute atomic E-state index is 0.123. The summed E-state index contributed by atoms with van der Waals surface area (Å²) in [6.45, 7) is 1.99. The van der Waals surface area contributed by atoms with Crippen molar-refractivity contribution in [2.45, 2.75) is 24.5 Å². The van der Waals surface area contributed by atoms with Crippen molar-refractivity contribution in [1.29, 1.82) is 0 Å². The van der Waals surface area contributed by atoms with Crippen LogP contribution in [0.3, 0.4) is 0 Å². The Kier molecular flexibility index (Phi) is 3.94. The number of pyridine rings is 1. The predicted octanol–water partition coefficient (Wildman–Crippen LogP) is 3.38. The maximum atomic E-state index is 12.7. The Hall–Kier alpha value is -2.21. The van der Waals surface area contributed by atoms with Crippen molar-refractivity contribution in [1.82, 2.24) is 4.98 Å². The Labute approximate surface area is 130 Å². The molecule has 2 aromatic rings. The summed E-state index contributed by atoms with van der Waals surface area (Å²) in [5.41, 5.74) is 2.60. The minimum Gasteiger partial charge on any atom is -0.392 e. The zero-order valence-electron chi connectivity index (χ0n) is 12.5. The van der Waals surface area contributed by atoms with Gasteiger partial charge in [0.2, 0.25) is 0 Å². The lowest BCUT2D eigenvalue weighted by molar-refractivity contribution is 0.0995. The summed E-state index contributed by atoms with van der Waals surface area (Å²) in [6.07, 6.45) is 4.14. The molecule has 1 aromatic heterocycles. The Morgan fingerprint density at radius 2 is 2.00 bits per heavy atom. The second-order valence-corrected chi connectivity index (χ2v) is 7.47. The van der Waals surface area contributed by atoms with Gasteiger partial charge in [-0.2, -0.15) is 4.36 Å². The summed E-state index contributed by atoms with van der Waals surface area (Å²) in [7, 11) is -2.55. The number of nitrogens with zero attached hydrogens (tertiary/aromatic N) is 3. The Morgan fingerprint density at radius 3 is 2.59 bits per heavy atom. The highest BCUT2D eigenvalue weighted by Gasteiger charge is 2.17. The van der Waals surface area contributed by atoms with Crippen molar-refractivity contribution in [3.63, 3.8) is 0 Å². The van der Waals surface area contributed by atoms with Gasteiger partial charge < -0.3 is 4.84 Å². The van der Waals surface area contributed by atoms with Crippen molar-refractivity contribution < 1.29 is 9.05 Å². The molecule has 0 bridgehead atoms. The molecule has 0 N–H and O–H groups in total. The topological polar surface area (TPSA) is 63.9 Å². The number of rotatable bonds is 3. The van der Waals surface area contributed by atoms with Crippen LogP contribution in [-0.2, 0) is 14.6 Å². The fraction of sp³-hybridized carbons (Fsp3) is 0.250. The van der Waals surface area contributed by atoms with Crippen LogP contribution in [0, 0.1) is 0 Å². The molecule has 114 valence electrons. The molecule has 0 fully saturated rings. The molecule has 5 nitrogen and oxygen atoms in total. The predicted molar refractivity (Wildman–Crippen MR) is 86.8 cm³/mol. The van der Waals surface area contributed by atoms with Crippen LogP contribution in [-0.4, -0.2) is 27.3 Å². The summed E-state index contributed by atoms with van der Waals surface area (Å²) in [5, 5.41) is 4.55. The first-order chi connectivity index (χ1) is 10.5. The van der Waals surface area contributed by atoms with Crippen molar-refractivity contribution >= 4 is 21.1 Å². The van der Waals surface area contributed by atoms with Gasteiger partial charge in [-0.3, -0.25) is 0 Å². The van der Waals surface area contributed by atoms with Gasteiger partial charge in [-0.15, -0.1) is 0 Å². The van der Waals surface area contributed by atoms with Crippen LogP contribution >= 0.6 is 0 Å². The molecule has 0 aliphatic carbocycles. The van der Waals surface area contributed by atoms with Crippen LogP contribution in [0.2, 0.25) is 0 Å².